The quantitative estimate of drug-likeness (QED) is 0.706. The van der Waals surface area contributed by atoms with Crippen LogP contribution in [0, 0.1) is 5.92 Å². The van der Waals surface area contributed by atoms with Gasteiger partial charge in [-0.3, -0.25) is 14.4 Å². The van der Waals surface area contributed by atoms with Crippen molar-refractivity contribution in [1.29, 1.82) is 0 Å². The third-order valence-electron chi connectivity index (χ3n) is 4.14. The van der Waals surface area contributed by atoms with Crippen molar-refractivity contribution in [3.63, 3.8) is 0 Å². The minimum absolute atomic E-state index is 0.0171. The highest BCUT2D eigenvalue weighted by Crippen LogP contribution is 2.27. The molecule has 2 aromatic carbocycles. The molecular formula is C19H15Cl3N2O4. The van der Waals surface area contributed by atoms with Gasteiger partial charge in [0.2, 0.25) is 5.91 Å². The van der Waals surface area contributed by atoms with Crippen LogP contribution >= 0.6 is 34.8 Å². The summed E-state index contributed by atoms with van der Waals surface area (Å²) in [4.78, 5) is 37.9. The molecule has 3 rings (SSSR count). The second-order valence-corrected chi connectivity index (χ2v) is 7.44. The summed E-state index contributed by atoms with van der Waals surface area (Å²) in [5, 5.41) is 3.79. The van der Waals surface area contributed by atoms with Gasteiger partial charge in [0.25, 0.3) is 5.91 Å². The van der Waals surface area contributed by atoms with E-state index in [-0.39, 0.29) is 18.9 Å². The first-order valence-corrected chi connectivity index (χ1v) is 9.44. The molecule has 0 spiro atoms. The highest BCUT2D eigenvalue weighted by Gasteiger charge is 2.36. The summed E-state index contributed by atoms with van der Waals surface area (Å²) in [6.07, 6.45) is 0.0171. The van der Waals surface area contributed by atoms with Crippen molar-refractivity contribution in [2.75, 3.05) is 23.4 Å². The molecule has 2 amide bonds. The molecule has 1 fully saturated rings. The maximum Gasteiger partial charge on any atom is 0.311 e. The number of benzene rings is 2. The number of carbonyl (C=O) groups excluding carboxylic acids is 3. The standard InChI is InChI=1S/C19H15Cl3N2O4/c20-12-1-4-14(5-2-12)24-9-11(7-18(24)26)19(27)28-10-17(25)23-16-8-13(21)3-6-15(16)22/h1-6,8,11H,7,9-10H2,(H,23,25)/t11-/m0/s1. The van der Waals surface area contributed by atoms with Crippen molar-refractivity contribution in [2.45, 2.75) is 6.42 Å². The lowest BCUT2D eigenvalue weighted by atomic mass is 10.1. The number of nitrogens with one attached hydrogen (secondary N) is 1. The van der Waals surface area contributed by atoms with Gasteiger partial charge in [-0.1, -0.05) is 34.8 Å². The van der Waals surface area contributed by atoms with Crippen molar-refractivity contribution in [3.05, 3.63) is 57.5 Å². The summed E-state index contributed by atoms with van der Waals surface area (Å²) in [6, 6.07) is 11.4. The van der Waals surface area contributed by atoms with Gasteiger partial charge < -0.3 is 15.0 Å². The molecule has 1 aliphatic rings. The zero-order valence-electron chi connectivity index (χ0n) is 14.5. The average molecular weight is 442 g/mol. The summed E-state index contributed by atoms with van der Waals surface area (Å²) in [5.74, 6) is -2.02. The van der Waals surface area contributed by atoms with Gasteiger partial charge in [0.05, 0.1) is 16.6 Å². The lowest BCUT2D eigenvalue weighted by Crippen LogP contribution is -2.28. The Balaban J connectivity index is 1.53. The van der Waals surface area contributed by atoms with E-state index in [9.17, 15) is 14.4 Å². The molecule has 0 aromatic heterocycles. The zero-order chi connectivity index (χ0) is 20.3. The fourth-order valence-electron chi connectivity index (χ4n) is 2.77. The first-order chi connectivity index (χ1) is 13.3. The van der Waals surface area contributed by atoms with E-state index < -0.39 is 24.4 Å². The number of amides is 2. The minimum Gasteiger partial charge on any atom is -0.455 e. The molecule has 2 aromatic rings. The van der Waals surface area contributed by atoms with Crippen molar-refractivity contribution in [1.82, 2.24) is 0 Å². The van der Waals surface area contributed by atoms with Gasteiger partial charge >= 0.3 is 5.97 Å². The lowest BCUT2D eigenvalue weighted by Gasteiger charge is -2.16. The molecule has 9 heteroatoms. The van der Waals surface area contributed by atoms with Crippen LogP contribution in [0.3, 0.4) is 0 Å². The molecule has 0 bridgehead atoms. The Bertz CT molecular complexity index is 918. The van der Waals surface area contributed by atoms with Crippen molar-refractivity contribution in [2.24, 2.45) is 5.92 Å². The van der Waals surface area contributed by atoms with Gasteiger partial charge in [-0.25, -0.2) is 0 Å². The van der Waals surface area contributed by atoms with Crippen LogP contribution in [0.5, 0.6) is 0 Å². The Kier molecular flexibility index (Phi) is 6.44. The van der Waals surface area contributed by atoms with Gasteiger partial charge in [0, 0.05) is 28.7 Å². The first-order valence-electron chi connectivity index (χ1n) is 8.31. The molecule has 6 nitrogen and oxygen atoms in total. The van der Waals surface area contributed by atoms with Crippen molar-refractivity contribution in [3.8, 4) is 0 Å². The van der Waals surface area contributed by atoms with E-state index in [4.69, 9.17) is 39.5 Å². The minimum atomic E-state index is -0.647. The van der Waals surface area contributed by atoms with E-state index in [0.29, 0.717) is 26.4 Å². The van der Waals surface area contributed by atoms with E-state index in [1.54, 1.807) is 36.4 Å². The van der Waals surface area contributed by atoms with Gasteiger partial charge in [0.15, 0.2) is 6.61 Å². The fourth-order valence-corrected chi connectivity index (χ4v) is 3.23. The summed E-state index contributed by atoms with van der Waals surface area (Å²) in [7, 11) is 0. The number of halogens is 3. The van der Waals surface area contributed by atoms with E-state index in [1.807, 2.05) is 0 Å². The highest BCUT2D eigenvalue weighted by molar-refractivity contribution is 6.35. The number of ether oxygens (including phenoxy) is 1. The number of rotatable bonds is 5. The maximum atomic E-state index is 12.3. The van der Waals surface area contributed by atoms with Crippen LogP contribution in [0.1, 0.15) is 6.42 Å². The van der Waals surface area contributed by atoms with E-state index >= 15 is 0 Å². The molecule has 1 heterocycles. The highest BCUT2D eigenvalue weighted by atomic mass is 35.5. The molecule has 0 saturated carbocycles. The topological polar surface area (TPSA) is 75.7 Å². The SMILES string of the molecule is O=C(COC(=O)[C@H]1CC(=O)N(c2ccc(Cl)cc2)C1)Nc1cc(Cl)ccc1Cl. The van der Waals surface area contributed by atoms with Gasteiger partial charge in [-0.2, -0.15) is 0 Å². The molecule has 1 atom stereocenters. The molecule has 1 N–H and O–H groups in total. The Morgan fingerprint density at radius 2 is 1.75 bits per heavy atom. The van der Waals surface area contributed by atoms with E-state index in [1.165, 1.54) is 11.0 Å². The maximum absolute atomic E-state index is 12.3. The number of hydrogen-bond acceptors (Lipinski definition) is 4. The number of esters is 1. The van der Waals surface area contributed by atoms with Crippen LogP contribution in [0.4, 0.5) is 11.4 Å². The number of anilines is 2. The third-order valence-corrected chi connectivity index (χ3v) is 4.96. The molecule has 1 aliphatic heterocycles. The summed E-state index contributed by atoms with van der Waals surface area (Å²) in [6.45, 7) is -0.311. The van der Waals surface area contributed by atoms with Gasteiger partial charge in [0.1, 0.15) is 0 Å². The summed E-state index contributed by atoms with van der Waals surface area (Å²) in [5.41, 5.74) is 0.971. The Morgan fingerprint density at radius 1 is 1.07 bits per heavy atom. The van der Waals surface area contributed by atoms with E-state index in [0.717, 1.165) is 0 Å². The van der Waals surface area contributed by atoms with Crippen molar-refractivity contribution < 1.29 is 19.1 Å². The van der Waals surface area contributed by atoms with E-state index in [2.05, 4.69) is 5.32 Å². The Labute approximate surface area is 176 Å². The van der Waals surface area contributed by atoms with Crippen LogP contribution in [0.2, 0.25) is 15.1 Å². The van der Waals surface area contributed by atoms with Crippen molar-refractivity contribution >= 4 is 64.0 Å². The summed E-state index contributed by atoms with van der Waals surface area (Å²) >= 11 is 17.7. The predicted molar refractivity (Wildman–Crippen MR) is 108 cm³/mol. The Morgan fingerprint density at radius 3 is 2.46 bits per heavy atom. The second-order valence-electron chi connectivity index (χ2n) is 6.16. The number of hydrogen-bond donors (Lipinski definition) is 1. The summed E-state index contributed by atoms with van der Waals surface area (Å²) < 4.78 is 5.05. The lowest BCUT2D eigenvalue weighted by molar-refractivity contribution is -0.151. The first kappa shape index (κ1) is 20.5. The zero-order valence-corrected chi connectivity index (χ0v) is 16.7. The molecule has 0 radical (unpaired) electrons. The molecule has 146 valence electrons. The smallest absolute Gasteiger partial charge is 0.311 e. The molecule has 28 heavy (non-hydrogen) atoms. The third kappa shape index (κ3) is 4.95. The molecule has 0 unspecified atom stereocenters. The van der Waals surface area contributed by atoms with Gasteiger partial charge in [-0.05, 0) is 42.5 Å². The van der Waals surface area contributed by atoms with Crippen LogP contribution < -0.4 is 10.2 Å². The van der Waals surface area contributed by atoms with Crippen LogP contribution in [0.15, 0.2) is 42.5 Å². The average Bonchev–Trinajstić information content (AvgIpc) is 3.05. The number of carbonyl (C=O) groups is 3. The van der Waals surface area contributed by atoms with Crippen LogP contribution in [0.25, 0.3) is 0 Å². The van der Waals surface area contributed by atoms with Gasteiger partial charge in [-0.15, -0.1) is 0 Å². The monoisotopic (exact) mass is 440 g/mol. The molecule has 1 saturated heterocycles. The largest absolute Gasteiger partial charge is 0.455 e. The predicted octanol–water partition coefficient (Wildman–Crippen LogP) is 4.18. The fraction of sp³-hybridized carbons (Fsp3) is 0.211. The molecular weight excluding hydrogens is 427 g/mol. The Hall–Kier alpha value is -2.28. The second kappa shape index (κ2) is 8.82. The number of nitrogens with zero attached hydrogens (tertiary/aromatic N) is 1. The normalized spacial score (nSPS) is 16.2. The van der Waals surface area contributed by atoms with Crippen LogP contribution in [-0.2, 0) is 19.1 Å². The molecule has 0 aliphatic carbocycles. The van der Waals surface area contributed by atoms with Crippen LogP contribution in [-0.4, -0.2) is 30.9 Å².